The standard InChI is InChI=1S/C12H15ClO3/c1-8(14)4-11-9(7-15-2)5-10(13)6-12(11)16-3/h5-6H,4,7H2,1-3H3. The van der Waals surface area contributed by atoms with Crippen LogP contribution in [0.25, 0.3) is 0 Å². The predicted octanol–water partition coefficient (Wildman–Crippen LogP) is 2.63. The van der Waals surface area contributed by atoms with E-state index in [4.69, 9.17) is 21.1 Å². The van der Waals surface area contributed by atoms with Gasteiger partial charge >= 0.3 is 0 Å². The maximum Gasteiger partial charge on any atom is 0.134 e. The summed E-state index contributed by atoms with van der Waals surface area (Å²) in [5, 5.41) is 0.580. The Balaban J connectivity index is 3.20. The second-order valence-electron chi connectivity index (χ2n) is 3.56. The van der Waals surface area contributed by atoms with Gasteiger partial charge < -0.3 is 9.47 Å². The monoisotopic (exact) mass is 242 g/mol. The van der Waals surface area contributed by atoms with Gasteiger partial charge in [-0.25, -0.2) is 0 Å². The molecule has 0 aliphatic carbocycles. The highest BCUT2D eigenvalue weighted by atomic mass is 35.5. The van der Waals surface area contributed by atoms with E-state index < -0.39 is 0 Å². The topological polar surface area (TPSA) is 35.5 Å². The molecule has 3 nitrogen and oxygen atoms in total. The summed E-state index contributed by atoms with van der Waals surface area (Å²) in [4.78, 5) is 11.2. The van der Waals surface area contributed by atoms with Gasteiger partial charge in [0.25, 0.3) is 0 Å². The van der Waals surface area contributed by atoms with E-state index in [1.165, 1.54) is 0 Å². The average Bonchev–Trinajstić information content (AvgIpc) is 2.21. The molecule has 0 aliphatic heterocycles. The Morgan fingerprint density at radius 3 is 2.56 bits per heavy atom. The van der Waals surface area contributed by atoms with Gasteiger partial charge in [0.1, 0.15) is 11.5 Å². The van der Waals surface area contributed by atoms with E-state index in [2.05, 4.69) is 0 Å². The van der Waals surface area contributed by atoms with Gasteiger partial charge in [0.05, 0.1) is 13.7 Å². The third-order valence-electron chi connectivity index (χ3n) is 2.21. The molecule has 1 aromatic carbocycles. The number of hydrogen-bond donors (Lipinski definition) is 0. The first-order chi connectivity index (χ1) is 7.58. The molecule has 88 valence electrons. The zero-order chi connectivity index (χ0) is 12.1. The second kappa shape index (κ2) is 5.87. The average molecular weight is 243 g/mol. The Labute approximate surface area is 100 Å². The van der Waals surface area contributed by atoms with Crippen LogP contribution in [-0.4, -0.2) is 20.0 Å². The van der Waals surface area contributed by atoms with Crippen molar-refractivity contribution >= 4 is 17.4 Å². The fourth-order valence-electron chi connectivity index (χ4n) is 1.58. The second-order valence-corrected chi connectivity index (χ2v) is 3.99. The number of benzene rings is 1. The minimum absolute atomic E-state index is 0.0815. The predicted molar refractivity (Wildman–Crippen MR) is 63.1 cm³/mol. The van der Waals surface area contributed by atoms with Gasteiger partial charge in [0, 0.05) is 24.1 Å². The molecule has 0 radical (unpaired) electrons. The maximum atomic E-state index is 11.2. The van der Waals surface area contributed by atoms with Crippen molar-refractivity contribution in [2.45, 2.75) is 20.0 Å². The number of rotatable bonds is 5. The Morgan fingerprint density at radius 2 is 2.06 bits per heavy atom. The molecule has 0 fully saturated rings. The number of Topliss-reactive ketones (excluding diaryl/α,β-unsaturated/α-hetero) is 1. The van der Waals surface area contributed by atoms with Gasteiger partial charge in [-0.05, 0) is 24.6 Å². The molecular formula is C12H15ClO3. The summed E-state index contributed by atoms with van der Waals surface area (Å²) >= 11 is 5.95. The maximum absolute atomic E-state index is 11.2. The molecule has 0 bridgehead atoms. The molecule has 16 heavy (non-hydrogen) atoms. The van der Waals surface area contributed by atoms with E-state index >= 15 is 0 Å². The number of methoxy groups -OCH3 is 2. The highest BCUT2D eigenvalue weighted by Crippen LogP contribution is 2.28. The summed E-state index contributed by atoms with van der Waals surface area (Å²) in [6, 6.07) is 3.50. The van der Waals surface area contributed by atoms with Crippen molar-refractivity contribution in [3.05, 3.63) is 28.3 Å². The summed E-state index contributed by atoms with van der Waals surface area (Å²) in [7, 11) is 3.16. The Morgan fingerprint density at radius 1 is 1.38 bits per heavy atom. The van der Waals surface area contributed by atoms with Crippen LogP contribution < -0.4 is 4.74 Å². The largest absolute Gasteiger partial charge is 0.496 e. The quantitative estimate of drug-likeness (QED) is 0.796. The van der Waals surface area contributed by atoms with Crippen molar-refractivity contribution in [2.75, 3.05) is 14.2 Å². The minimum atomic E-state index is 0.0815. The number of hydrogen-bond acceptors (Lipinski definition) is 3. The van der Waals surface area contributed by atoms with Crippen LogP contribution in [0, 0.1) is 0 Å². The lowest BCUT2D eigenvalue weighted by atomic mass is 10.0. The molecular weight excluding hydrogens is 228 g/mol. The van der Waals surface area contributed by atoms with E-state index in [0.29, 0.717) is 23.8 Å². The van der Waals surface area contributed by atoms with Crippen molar-refractivity contribution in [2.24, 2.45) is 0 Å². The van der Waals surface area contributed by atoms with Crippen molar-refractivity contribution < 1.29 is 14.3 Å². The van der Waals surface area contributed by atoms with E-state index in [1.807, 2.05) is 0 Å². The van der Waals surface area contributed by atoms with Crippen LogP contribution in [0.3, 0.4) is 0 Å². The first kappa shape index (κ1) is 13.0. The van der Waals surface area contributed by atoms with Gasteiger partial charge in [-0.2, -0.15) is 0 Å². The Hall–Kier alpha value is -1.06. The molecule has 0 saturated carbocycles. The molecule has 1 rings (SSSR count). The number of carbonyl (C=O) groups excluding carboxylic acids is 1. The highest BCUT2D eigenvalue weighted by molar-refractivity contribution is 6.30. The van der Waals surface area contributed by atoms with E-state index in [-0.39, 0.29) is 5.78 Å². The molecule has 1 aromatic rings. The lowest BCUT2D eigenvalue weighted by molar-refractivity contribution is -0.116. The molecule has 0 amide bonds. The molecule has 0 unspecified atom stereocenters. The summed E-state index contributed by atoms with van der Waals surface area (Å²) in [5.74, 6) is 0.715. The van der Waals surface area contributed by atoms with E-state index in [0.717, 1.165) is 11.1 Å². The van der Waals surface area contributed by atoms with Crippen LogP contribution in [0.1, 0.15) is 18.1 Å². The first-order valence-corrected chi connectivity index (χ1v) is 5.30. The van der Waals surface area contributed by atoms with E-state index in [1.54, 1.807) is 33.3 Å². The van der Waals surface area contributed by atoms with Crippen molar-refractivity contribution in [3.8, 4) is 5.75 Å². The summed E-state index contributed by atoms with van der Waals surface area (Å²) in [5.41, 5.74) is 1.74. The van der Waals surface area contributed by atoms with Gasteiger partial charge in [-0.15, -0.1) is 0 Å². The number of carbonyl (C=O) groups is 1. The smallest absolute Gasteiger partial charge is 0.134 e. The lowest BCUT2D eigenvalue weighted by Gasteiger charge is -2.13. The Kier molecular flexibility index (Phi) is 4.77. The third-order valence-corrected chi connectivity index (χ3v) is 2.43. The van der Waals surface area contributed by atoms with Gasteiger partial charge in [-0.3, -0.25) is 4.79 Å². The normalized spacial score (nSPS) is 10.2. The SMILES string of the molecule is COCc1cc(Cl)cc(OC)c1CC(C)=O. The van der Waals surface area contributed by atoms with E-state index in [9.17, 15) is 4.79 Å². The van der Waals surface area contributed by atoms with Crippen LogP contribution in [-0.2, 0) is 22.6 Å². The Bertz CT molecular complexity index is 388. The van der Waals surface area contributed by atoms with Gasteiger partial charge in [0.15, 0.2) is 0 Å². The minimum Gasteiger partial charge on any atom is -0.496 e. The van der Waals surface area contributed by atoms with Crippen LogP contribution in [0.4, 0.5) is 0 Å². The molecule has 0 N–H and O–H groups in total. The van der Waals surface area contributed by atoms with Crippen LogP contribution in [0.2, 0.25) is 5.02 Å². The summed E-state index contributed by atoms with van der Waals surface area (Å²) in [6.45, 7) is 1.96. The third kappa shape index (κ3) is 3.22. The van der Waals surface area contributed by atoms with Crippen molar-refractivity contribution in [1.82, 2.24) is 0 Å². The molecule has 0 atom stereocenters. The molecule has 4 heteroatoms. The summed E-state index contributed by atoms with van der Waals surface area (Å²) in [6.07, 6.45) is 0.332. The first-order valence-electron chi connectivity index (χ1n) is 4.92. The zero-order valence-corrected chi connectivity index (χ0v) is 10.4. The molecule has 0 aliphatic rings. The number of ether oxygens (including phenoxy) is 2. The molecule has 0 aromatic heterocycles. The van der Waals surface area contributed by atoms with Crippen molar-refractivity contribution in [1.29, 1.82) is 0 Å². The molecule has 0 spiro atoms. The summed E-state index contributed by atoms with van der Waals surface area (Å²) < 4.78 is 10.3. The fourth-order valence-corrected chi connectivity index (χ4v) is 1.81. The number of ketones is 1. The van der Waals surface area contributed by atoms with Crippen LogP contribution in [0.5, 0.6) is 5.75 Å². The zero-order valence-electron chi connectivity index (χ0n) is 9.67. The van der Waals surface area contributed by atoms with Crippen molar-refractivity contribution in [3.63, 3.8) is 0 Å². The van der Waals surface area contributed by atoms with Crippen LogP contribution in [0.15, 0.2) is 12.1 Å². The van der Waals surface area contributed by atoms with Crippen LogP contribution >= 0.6 is 11.6 Å². The lowest BCUT2D eigenvalue weighted by Crippen LogP contribution is -2.05. The highest BCUT2D eigenvalue weighted by Gasteiger charge is 2.12. The van der Waals surface area contributed by atoms with Gasteiger partial charge in [0.2, 0.25) is 0 Å². The molecule has 0 saturated heterocycles. The molecule has 0 heterocycles. The fraction of sp³-hybridized carbons (Fsp3) is 0.417. The van der Waals surface area contributed by atoms with Gasteiger partial charge in [-0.1, -0.05) is 11.6 Å². The number of halogens is 1.